The van der Waals surface area contributed by atoms with Crippen LogP contribution in [-0.2, 0) is 28.5 Å². The van der Waals surface area contributed by atoms with Crippen LogP contribution in [0.5, 0.6) is 0 Å². The Labute approximate surface area is 114 Å². The lowest BCUT2D eigenvalue weighted by Crippen LogP contribution is -2.20. The van der Waals surface area contributed by atoms with E-state index in [0.717, 1.165) is 0 Å². The molecule has 19 heavy (non-hydrogen) atoms. The van der Waals surface area contributed by atoms with Crippen molar-refractivity contribution < 1.29 is 28.5 Å². The second-order valence-electron chi connectivity index (χ2n) is 3.55. The molecule has 0 saturated carbocycles. The van der Waals surface area contributed by atoms with E-state index in [1.807, 2.05) is 6.92 Å². The molecule has 0 rings (SSSR count). The predicted molar refractivity (Wildman–Crippen MR) is 69.0 cm³/mol. The second kappa shape index (κ2) is 15.3. The highest BCUT2D eigenvalue weighted by Gasteiger charge is 1.94. The minimum Gasteiger partial charge on any atom is -0.379 e. The summed E-state index contributed by atoms with van der Waals surface area (Å²) in [6.07, 6.45) is 0. The van der Waals surface area contributed by atoms with Crippen LogP contribution in [0.15, 0.2) is 0 Å². The van der Waals surface area contributed by atoms with Gasteiger partial charge in [-0.15, -0.1) is 0 Å². The van der Waals surface area contributed by atoms with E-state index in [2.05, 4.69) is 0 Å². The third kappa shape index (κ3) is 17.3. The summed E-state index contributed by atoms with van der Waals surface area (Å²) < 4.78 is 25.8. The predicted octanol–water partition coefficient (Wildman–Crippen LogP) is -0.425. The number of rotatable bonds is 15. The van der Waals surface area contributed by atoms with Crippen LogP contribution in [0.25, 0.3) is 0 Å². The van der Waals surface area contributed by atoms with Gasteiger partial charge in [0, 0.05) is 6.61 Å². The van der Waals surface area contributed by atoms with E-state index in [0.29, 0.717) is 59.5 Å². The summed E-state index contributed by atoms with van der Waals surface area (Å²) in [6.45, 7) is 6.63. The Morgan fingerprint density at radius 3 is 1.47 bits per heavy atom. The minimum absolute atomic E-state index is 0.0705. The van der Waals surface area contributed by atoms with Crippen molar-refractivity contribution in [3.05, 3.63) is 0 Å². The van der Waals surface area contributed by atoms with Crippen LogP contribution in [-0.4, -0.2) is 72.0 Å². The fourth-order valence-corrected chi connectivity index (χ4v) is 1.09. The molecular formula is C12H25NO6. The molecule has 0 unspecified atom stereocenters. The van der Waals surface area contributed by atoms with Gasteiger partial charge in [-0.25, -0.2) is 0 Å². The maximum atomic E-state index is 10.3. The normalized spacial score (nSPS) is 10.8. The lowest BCUT2D eigenvalue weighted by molar-refractivity contribution is -0.123. The maximum absolute atomic E-state index is 10.3. The summed E-state index contributed by atoms with van der Waals surface area (Å²) in [5, 5.41) is 0. The molecule has 0 aromatic rings. The third-order valence-corrected chi connectivity index (χ3v) is 1.94. The van der Waals surface area contributed by atoms with Crippen molar-refractivity contribution in [3.8, 4) is 0 Å². The van der Waals surface area contributed by atoms with Gasteiger partial charge < -0.3 is 29.4 Å². The zero-order chi connectivity index (χ0) is 14.2. The standard InChI is InChI=1S/C12H25NO6/c1-2-15-3-4-16-5-6-17-7-8-18-9-10-19-11-12(13)14/h2-11H2,1H3,(H2,13,14). The Balaban J connectivity index is 2.93. The molecule has 7 nitrogen and oxygen atoms in total. The van der Waals surface area contributed by atoms with Gasteiger partial charge >= 0.3 is 0 Å². The van der Waals surface area contributed by atoms with Gasteiger partial charge in [0.05, 0.1) is 52.9 Å². The third-order valence-electron chi connectivity index (χ3n) is 1.94. The summed E-state index contributed by atoms with van der Waals surface area (Å²) in [5.74, 6) is -0.479. The van der Waals surface area contributed by atoms with Gasteiger partial charge in [0.1, 0.15) is 6.61 Å². The van der Waals surface area contributed by atoms with E-state index in [4.69, 9.17) is 29.4 Å². The van der Waals surface area contributed by atoms with E-state index < -0.39 is 5.91 Å². The molecule has 0 aliphatic carbocycles. The van der Waals surface area contributed by atoms with Crippen LogP contribution in [0.3, 0.4) is 0 Å². The number of ether oxygens (including phenoxy) is 5. The highest BCUT2D eigenvalue weighted by molar-refractivity contribution is 5.74. The van der Waals surface area contributed by atoms with Crippen molar-refractivity contribution in [3.63, 3.8) is 0 Å². The lowest BCUT2D eigenvalue weighted by atomic mass is 10.6. The zero-order valence-corrected chi connectivity index (χ0v) is 11.6. The Bertz CT molecular complexity index is 203. The molecule has 2 N–H and O–H groups in total. The minimum atomic E-state index is -0.479. The summed E-state index contributed by atoms with van der Waals surface area (Å²) >= 11 is 0. The number of carbonyl (C=O) groups excluding carboxylic acids is 1. The fraction of sp³-hybridized carbons (Fsp3) is 0.917. The molecule has 0 aromatic carbocycles. The van der Waals surface area contributed by atoms with Crippen molar-refractivity contribution in [2.45, 2.75) is 6.92 Å². The van der Waals surface area contributed by atoms with Crippen LogP contribution < -0.4 is 5.73 Å². The lowest BCUT2D eigenvalue weighted by Gasteiger charge is -2.07. The largest absolute Gasteiger partial charge is 0.379 e. The van der Waals surface area contributed by atoms with Crippen molar-refractivity contribution >= 4 is 5.91 Å². The molecule has 0 atom stereocenters. The first-order chi connectivity index (χ1) is 9.27. The van der Waals surface area contributed by atoms with Gasteiger partial charge in [-0.1, -0.05) is 0 Å². The Kier molecular flexibility index (Phi) is 14.7. The number of carbonyl (C=O) groups is 1. The van der Waals surface area contributed by atoms with E-state index in [1.165, 1.54) is 0 Å². The first-order valence-corrected chi connectivity index (χ1v) is 6.44. The van der Waals surface area contributed by atoms with Crippen molar-refractivity contribution in [2.24, 2.45) is 5.73 Å². The summed E-state index contributed by atoms with van der Waals surface area (Å²) in [6, 6.07) is 0. The van der Waals surface area contributed by atoms with Crippen molar-refractivity contribution in [2.75, 3.05) is 66.1 Å². The van der Waals surface area contributed by atoms with E-state index in [1.54, 1.807) is 0 Å². The molecule has 0 saturated heterocycles. The van der Waals surface area contributed by atoms with Gasteiger partial charge in [0.25, 0.3) is 0 Å². The quantitative estimate of drug-likeness (QED) is 0.409. The van der Waals surface area contributed by atoms with Crippen LogP contribution in [0.1, 0.15) is 6.92 Å². The summed E-state index contributed by atoms with van der Waals surface area (Å²) in [7, 11) is 0. The molecule has 0 fully saturated rings. The van der Waals surface area contributed by atoms with E-state index in [9.17, 15) is 4.79 Å². The number of hydrogen-bond donors (Lipinski definition) is 1. The fourth-order valence-electron chi connectivity index (χ4n) is 1.09. The van der Waals surface area contributed by atoms with Gasteiger partial charge in [-0.2, -0.15) is 0 Å². The zero-order valence-electron chi connectivity index (χ0n) is 11.6. The molecular weight excluding hydrogens is 254 g/mol. The Hall–Kier alpha value is -0.730. The van der Waals surface area contributed by atoms with Gasteiger partial charge in [-0.05, 0) is 6.92 Å². The number of amides is 1. The summed E-state index contributed by atoms with van der Waals surface area (Å²) in [4.78, 5) is 10.3. The smallest absolute Gasteiger partial charge is 0.243 e. The molecule has 114 valence electrons. The average molecular weight is 279 g/mol. The Morgan fingerprint density at radius 1 is 0.737 bits per heavy atom. The summed E-state index contributed by atoms with van der Waals surface area (Å²) in [5.41, 5.74) is 4.90. The number of hydrogen-bond acceptors (Lipinski definition) is 6. The SMILES string of the molecule is CCOCCOCCOCCOCCOCC(N)=O. The van der Waals surface area contributed by atoms with E-state index in [-0.39, 0.29) is 6.61 Å². The first kappa shape index (κ1) is 18.3. The second-order valence-corrected chi connectivity index (χ2v) is 3.55. The molecule has 0 radical (unpaired) electrons. The molecule has 0 spiro atoms. The molecule has 7 heteroatoms. The molecule has 0 aliphatic heterocycles. The van der Waals surface area contributed by atoms with Gasteiger partial charge in [0.15, 0.2) is 0 Å². The molecule has 0 bridgehead atoms. The molecule has 0 aliphatic rings. The highest BCUT2D eigenvalue weighted by atomic mass is 16.6. The number of nitrogens with two attached hydrogens (primary N) is 1. The van der Waals surface area contributed by atoms with Crippen LogP contribution in [0.4, 0.5) is 0 Å². The van der Waals surface area contributed by atoms with E-state index >= 15 is 0 Å². The van der Waals surface area contributed by atoms with Gasteiger partial charge in [0.2, 0.25) is 5.91 Å². The maximum Gasteiger partial charge on any atom is 0.243 e. The van der Waals surface area contributed by atoms with Crippen molar-refractivity contribution in [1.29, 1.82) is 0 Å². The van der Waals surface area contributed by atoms with Crippen molar-refractivity contribution in [1.82, 2.24) is 0 Å². The molecule has 1 amide bonds. The monoisotopic (exact) mass is 279 g/mol. The molecule has 0 aromatic heterocycles. The number of primary amides is 1. The van der Waals surface area contributed by atoms with Crippen LogP contribution >= 0.6 is 0 Å². The highest BCUT2D eigenvalue weighted by Crippen LogP contribution is 1.83. The Morgan fingerprint density at radius 2 is 1.11 bits per heavy atom. The average Bonchev–Trinajstić information content (AvgIpc) is 2.39. The van der Waals surface area contributed by atoms with Gasteiger partial charge in [-0.3, -0.25) is 4.79 Å². The first-order valence-electron chi connectivity index (χ1n) is 6.44. The molecule has 0 heterocycles. The van der Waals surface area contributed by atoms with Crippen LogP contribution in [0, 0.1) is 0 Å². The topological polar surface area (TPSA) is 89.2 Å². The van der Waals surface area contributed by atoms with Crippen LogP contribution in [0.2, 0.25) is 0 Å².